The molecule has 0 saturated heterocycles. The Kier molecular flexibility index (Phi) is 3.11. The first kappa shape index (κ1) is 12.0. The van der Waals surface area contributed by atoms with Crippen LogP contribution in [0.4, 0.5) is 13.9 Å². The smallest absolute Gasteiger partial charge is 0.180 e. The molecule has 0 aliphatic rings. The molecule has 2 aromatic rings. The lowest BCUT2D eigenvalue weighted by Crippen LogP contribution is -1.97. The SMILES string of the molecule is Cc1nc(N)sc1C(C)c1cc(F)cc(F)c1. The van der Waals surface area contributed by atoms with Crippen molar-refractivity contribution in [1.29, 1.82) is 0 Å². The second kappa shape index (κ2) is 4.41. The fourth-order valence-electron chi connectivity index (χ4n) is 1.81. The number of nitrogens with zero attached hydrogens (tertiary/aromatic N) is 1. The van der Waals surface area contributed by atoms with Crippen molar-refractivity contribution >= 4 is 16.5 Å². The summed E-state index contributed by atoms with van der Waals surface area (Å²) in [4.78, 5) is 5.05. The Hall–Kier alpha value is -1.49. The van der Waals surface area contributed by atoms with E-state index in [9.17, 15) is 8.78 Å². The van der Waals surface area contributed by atoms with Crippen molar-refractivity contribution in [3.05, 3.63) is 46.0 Å². The first-order valence-electron chi connectivity index (χ1n) is 5.16. The first-order chi connectivity index (χ1) is 7.97. The van der Waals surface area contributed by atoms with Crippen LogP contribution in [0.25, 0.3) is 0 Å². The molecule has 1 heterocycles. The topological polar surface area (TPSA) is 38.9 Å². The Morgan fingerprint density at radius 3 is 2.29 bits per heavy atom. The van der Waals surface area contributed by atoms with E-state index in [1.165, 1.54) is 23.5 Å². The standard InChI is InChI=1S/C12H12F2N2S/c1-6(11-7(2)16-12(15)17-11)8-3-9(13)5-10(14)4-8/h3-6H,1-2H3,(H2,15,16). The van der Waals surface area contributed by atoms with E-state index >= 15 is 0 Å². The maximum Gasteiger partial charge on any atom is 0.180 e. The van der Waals surface area contributed by atoms with Crippen LogP contribution >= 0.6 is 11.3 Å². The number of hydrogen-bond donors (Lipinski definition) is 1. The lowest BCUT2D eigenvalue weighted by Gasteiger charge is -2.10. The van der Waals surface area contributed by atoms with Gasteiger partial charge in [0.1, 0.15) is 11.6 Å². The van der Waals surface area contributed by atoms with E-state index in [1.807, 2.05) is 13.8 Å². The minimum Gasteiger partial charge on any atom is -0.375 e. The van der Waals surface area contributed by atoms with Crippen LogP contribution in [0, 0.1) is 18.6 Å². The minimum atomic E-state index is -0.568. The summed E-state index contributed by atoms with van der Waals surface area (Å²) in [6.45, 7) is 3.72. The highest BCUT2D eigenvalue weighted by molar-refractivity contribution is 7.15. The summed E-state index contributed by atoms with van der Waals surface area (Å²) in [6, 6.07) is 3.54. The number of nitrogens with two attached hydrogens (primary N) is 1. The fourth-order valence-corrected chi connectivity index (χ4v) is 2.72. The number of rotatable bonds is 2. The zero-order valence-corrected chi connectivity index (χ0v) is 10.3. The van der Waals surface area contributed by atoms with Gasteiger partial charge in [0.25, 0.3) is 0 Å². The van der Waals surface area contributed by atoms with E-state index in [1.54, 1.807) is 0 Å². The van der Waals surface area contributed by atoms with E-state index in [-0.39, 0.29) is 5.92 Å². The molecule has 0 fully saturated rings. The highest BCUT2D eigenvalue weighted by Gasteiger charge is 2.16. The molecule has 2 nitrogen and oxygen atoms in total. The van der Waals surface area contributed by atoms with Gasteiger partial charge in [0.2, 0.25) is 0 Å². The summed E-state index contributed by atoms with van der Waals surface area (Å²) in [5.41, 5.74) is 7.02. The quantitative estimate of drug-likeness (QED) is 0.891. The predicted octanol–water partition coefficient (Wildman–Crippen LogP) is 3.46. The molecule has 2 N–H and O–H groups in total. The number of aryl methyl sites for hydroxylation is 1. The zero-order valence-electron chi connectivity index (χ0n) is 9.50. The molecular weight excluding hydrogens is 242 g/mol. The molecule has 0 aliphatic carbocycles. The first-order valence-corrected chi connectivity index (χ1v) is 5.98. The second-order valence-corrected chi connectivity index (χ2v) is 4.99. The highest BCUT2D eigenvalue weighted by atomic mass is 32.1. The molecule has 1 aromatic carbocycles. The van der Waals surface area contributed by atoms with Gasteiger partial charge in [0.05, 0.1) is 5.69 Å². The average Bonchev–Trinajstić information content (AvgIpc) is 2.55. The Bertz CT molecular complexity index is 531. The minimum absolute atomic E-state index is 0.116. The summed E-state index contributed by atoms with van der Waals surface area (Å²) >= 11 is 1.35. The third-order valence-electron chi connectivity index (χ3n) is 2.63. The lowest BCUT2D eigenvalue weighted by molar-refractivity contribution is 0.578. The summed E-state index contributed by atoms with van der Waals surface area (Å²) in [5.74, 6) is -1.25. The molecule has 1 atom stereocenters. The Morgan fingerprint density at radius 1 is 1.24 bits per heavy atom. The van der Waals surface area contributed by atoms with Crippen molar-refractivity contribution in [1.82, 2.24) is 4.98 Å². The molecule has 17 heavy (non-hydrogen) atoms. The molecule has 0 spiro atoms. The van der Waals surface area contributed by atoms with Gasteiger partial charge in [-0.2, -0.15) is 0 Å². The van der Waals surface area contributed by atoms with E-state index < -0.39 is 11.6 Å². The largest absolute Gasteiger partial charge is 0.375 e. The van der Waals surface area contributed by atoms with Gasteiger partial charge in [-0.15, -0.1) is 11.3 Å². The van der Waals surface area contributed by atoms with Crippen molar-refractivity contribution in [2.75, 3.05) is 5.73 Å². The predicted molar refractivity (Wildman–Crippen MR) is 65.1 cm³/mol. The van der Waals surface area contributed by atoms with E-state index in [0.717, 1.165) is 16.6 Å². The van der Waals surface area contributed by atoms with Crippen molar-refractivity contribution in [3.63, 3.8) is 0 Å². The summed E-state index contributed by atoms with van der Waals surface area (Å²) in [6.07, 6.45) is 0. The third kappa shape index (κ3) is 2.44. The number of nitrogen functional groups attached to an aromatic ring is 1. The third-order valence-corrected chi connectivity index (χ3v) is 3.80. The monoisotopic (exact) mass is 254 g/mol. The van der Waals surface area contributed by atoms with Crippen LogP contribution in [0.1, 0.15) is 29.0 Å². The van der Waals surface area contributed by atoms with Crippen LogP contribution in [0.5, 0.6) is 0 Å². The summed E-state index contributed by atoms with van der Waals surface area (Å²) < 4.78 is 26.3. The molecular formula is C12H12F2N2S. The molecule has 0 saturated carbocycles. The Balaban J connectivity index is 2.43. The number of hydrogen-bond acceptors (Lipinski definition) is 3. The van der Waals surface area contributed by atoms with Gasteiger partial charge < -0.3 is 5.73 Å². The normalized spacial score (nSPS) is 12.7. The van der Waals surface area contributed by atoms with E-state index in [4.69, 9.17) is 5.73 Å². The van der Waals surface area contributed by atoms with Crippen molar-refractivity contribution in [3.8, 4) is 0 Å². The molecule has 0 aliphatic heterocycles. The van der Waals surface area contributed by atoms with Gasteiger partial charge in [0.15, 0.2) is 5.13 Å². The van der Waals surface area contributed by atoms with E-state index in [0.29, 0.717) is 10.7 Å². The van der Waals surface area contributed by atoms with Crippen LogP contribution < -0.4 is 5.73 Å². The molecule has 5 heteroatoms. The van der Waals surface area contributed by atoms with Crippen LogP contribution in [-0.4, -0.2) is 4.98 Å². The summed E-state index contributed by atoms with van der Waals surface area (Å²) in [5, 5.41) is 0.473. The number of thiazole rings is 1. The van der Waals surface area contributed by atoms with Gasteiger partial charge in [0, 0.05) is 16.9 Å². The van der Waals surface area contributed by atoms with Gasteiger partial charge in [-0.05, 0) is 24.6 Å². The van der Waals surface area contributed by atoms with Crippen molar-refractivity contribution < 1.29 is 8.78 Å². The zero-order chi connectivity index (χ0) is 12.6. The number of anilines is 1. The highest BCUT2D eigenvalue weighted by Crippen LogP contribution is 2.33. The molecule has 90 valence electrons. The van der Waals surface area contributed by atoms with Crippen molar-refractivity contribution in [2.45, 2.75) is 19.8 Å². The fraction of sp³-hybridized carbons (Fsp3) is 0.250. The van der Waals surface area contributed by atoms with Gasteiger partial charge in [-0.3, -0.25) is 0 Å². The van der Waals surface area contributed by atoms with Gasteiger partial charge in [-0.1, -0.05) is 6.92 Å². The van der Waals surface area contributed by atoms with Crippen molar-refractivity contribution in [2.24, 2.45) is 0 Å². The number of benzene rings is 1. The number of aromatic nitrogens is 1. The molecule has 1 unspecified atom stereocenters. The molecule has 1 aromatic heterocycles. The molecule has 0 radical (unpaired) electrons. The average molecular weight is 254 g/mol. The molecule has 0 amide bonds. The van der Waals surface area contributed by atoms with Gasteiger partial charge >= 0.3 is 0 Å². The second-order valence-electron chi connectivity index (χ2n) is 3.93. The molecule has 0 bridgehead atoms. The van der Waals surface area contributed by atoms with Gasteiger partial charge in [-0.25, -0.2) is 13.8 Å². The Morgan fingerprint density at radius 2 is 1.82 bits per heavy atom. The van der Waals surface area contributed by atoms with E-state index in [2.05, 4.69) is 4.98 Å². The Labute approximate surface area is 102 Å². The maximum absolute atomic E-state index is 13.1. The maximum atomic E-state index is 13.1. The van der Waals surface area contributed by atoms with Crippen LogP contribution in [-0.2, 0) is 0 Å². The van der Waals surface area contributed by atoms with Crippen LogP contribution in [0.3, 0.4) is 0 Å². The van der Waals surface area contributed by atoms with Crippen LogP contribution in [0.15, 0.2) is 18.2 Å². The van der Waals surface area contributed by atoms with Crippen LogP contribution in [0.2, 0.25) is 0 Å². The molecule has 2 rings (SSSR count). The number of halogens is 2. The summed E-state index contributed by atoms with van der Waals surface area (Å²) in [7, 11) is 0. The lowest BCUT2D eigenvalue weighted by atomic mass is 9.98.